The molecule has 1 N–H and O–H groups in total. The van der Waals surface area contributed by atoms with Gasteiger partial charge in [-0.1, -0.05) is 24.3 Å². The molecule has 1 aliphatic carbocycles. The van der Waals surface area contributed by atoms with Crippen LogP contribution in [0.25, 0.3) is 10.8 Å². The molecule has 0 bridgehead atoms. The van der Waals surface area contributed by atoms with E-state index in [1.54, 1.807) is 18.2 Å². The van der Waals surface area contributed by atoms with Crippen molar-refractivity contribution in [3.63, 3.8) is 0 Å². The molecule has 0 saturated heterocycles. The zero-order valence-corrected chi connectivity index (χ0v) is 18.5. The summed E-state index contributed by atoms with van der Waals surface area (Å²) in [4.78, 5) is 12.9. The van der Waals surface area contributed by atoms with Gasteiger partial charge in [0.2, 0.25) is 15.9 Å². The molecular formula is C23H24N2O5S. The van der Waals surface area contributed by atoms with Crippen molar-refractivity contribution in [2.45, 2.75) is 12.8 Å². The molecule has 0 atom stereocenters. The van der Waals surface area contributed by atoms with Gasteiger partial charge < -0.3 is 14.8 Å². The van der Waals surface area contributed by atoms with Gasteiger partial charge >= 0.3 is 0 Å². The van der Waals surface area contributed by atoms with Gasteiger partial charge in [-0.15, -0.1) is 0 Å². The normalized spacial score (nSPS) is 12.6. The van der Waals surface area contributed by atoms with Crippen LogP contribution in [0.1, 0.15) is 11.1 Å². The molecule has 7 nitrogen and oxygen atoms in total. The van der Waals surface area contributed by atoms with Crippen LogP contribution in [0, 0.1) is 0 Å². The van der Waals surface area contributed by atoms with Crippen LogP contribution in [-0.2, 0) is 27.7 Å². The van der Waals surface area contributed by atoms with E-state index in [0.717, 1.165) is 28.8 Å². The maximum Gasteiger partial charge on any atom is 0.245 e. The maximum absolute atomic E-state index is 12.9. The first-order chi connectivity index (χ1) is 14.8. The molecule has 3 aromatic rings. The molecular weight excluding hydrogens is 416 g/mol. The number of rotatable bonds is 7. The number of carbonyl (C=O) groups excluding carboxylic acids is 1. The lowest BCUT2D eigenvalue weighted by Crippen LogP contribution is -2.37. The van der Waals surface area contributed by atoms with Crippen LogP contribution in [0.4, 0.5) is 11.4 Å². The number of anilines is 2. The summed E-state index contributed by atoms with van der Waals surface area (Å²) < 4.78 is 36.6. The summed E-state index contributed by atoms with van der Waals surface area (Å²) in [6, 6.07) is 14.7. The number of amides is 1. The van der Waals surface area contributed by atoms with Crippen LogP contribution in [0.5, 0.6) is 11.5 Å². The fraction of sp³-hybridized carbons (Fsp3) is 0.261. The number of methoxy groups -OCH3 is 2. The third-order valence-corrected chi connectivity index (χ3v) is 6.62. The molecule has 0 spiro atoms. The molecule has 31 heavy (non-hydrogen) atoms. The number of aryl methyl sites for hydroxylation is 2. The van der Waals surface area contributed by atoms with Crippen molar-refractivity contribution in [1.29, 1.82) is 0 Å². The highest BCUT2D eigenvalue weighted by Crippen LogP contribution is 2.36. The van der Waals surface area contributed by atoms with Gasteiger partial charge in [-0.05, 0) is 47.6 Å². The zero-order valence-electron chi connectivity index (χ0n) is 17.6. The average Bonchev–Trinajstić information content (AvgIpc) is 3.17. The first kappa shape index (κ1) is 21.0. The van der Waals surface area contributed by atoms with E-state index in [9.17, 15) is 13.2 Å². The molecule has 0 radical (unpaired) electrons. The molecule has 3 aromatic carbocycles. The second kappa shape index (κ2) is 8.11. The van der Waals surface area contributed by atoms with Crippen molar-refractivity contribution < 1.29 is 22.7 Å². The van der Waals surface area contributed by atoms with Crippen LogP contribution in [0.2, 0.25) is 0 Å². The summed E-state index contributed by atoms with van der Waals surface area (Å²) >= 11 is 0. The second-order valence-electron chi connectivity index (χ2n) is 7.47. The van der Waals surface area contributed by atoms with Crippen LogP contribution in [0.3, 0.4) is 0 Å². The lowest BCUT2D eigenvalue weighted by atomic mass is 10.0. The highest BCUT2D eigenvalue weighted by molar-refractivity contribution is 7.92. The van der Waals surface area contributed by atoms with Crippen LogP contribution >= 0.6 is 0 Å². The molecule has 1 aliphatic rings. The fourth-order valence-electron chi connectivity index (χ4n) is 4.05. The smallest absolute Gasteiger partial charge is 0.245 e. The number of sulfonamides is 1. The third kappa shape index (κ3) is 4.03. The minimum absolute atomic E-state index is 0.265. The van der Waals surface area contributed by atoms with E-state index in [2.05, 4.69) is 11.4 Å². The summed E-state index contributed by atoms with van der Waals surface area (Å²) in [7, 11) is -0.807. The van der Waals surface area contributed by atoms with E-state index in [1.807, 2.05) is 24.3 Å². The first-order valence-electron chi connectivity index (χ1n) is 9.85. The van der Waals surface area contributed by atoms with Gasteiger partial charge in [0.15, 0.2) is 0 Å². The summed E-state index contributed by atoms with van der Waals surface area (Å²) in [5, 5.41) is 5.03. The fourth-order valence-corrected chi connectivity index (χ4v) is 4.91. The van der Waals surface area contributed by atoms with Gasteiger partial charge in [-0.3, -0.25) is 9.10 Å². The zero-order chi connectivity index (χ0) is 22.2. The number of ether oxygens (including phenoxy) is 2. The highest BCUT2D eigenvalue weighted by Gasteiger charge is 2.25. The molecule has 0 heterocycles. The Morgan fingerprint density at radius 1 is 1.03 bits per heavy atom. The molecule has 4 rings (SSSR count). The Morgan fingerprint density at radius 3 is 2.45 bits per heavy atom. The lowest BCUT2D eigenvalue weighted by Gasteiger charge is -2.24. The van der Waals surface area contributed by atoms with Gasteiger partial charge in [0.05, 0.1) is 26.2 Å². The molecule has 162 valence electrons. The van der Waals surface area contributed by atoms with Crippen molar-refractivity contribution in [1.82, 2.24) is 0 Å². The molecule has 0 fully saturated rings. The van der Waals surface area contributed by atoms with Crippen molar-refractivity contribution in [3.8, 4) is 11.5 Å². The summed E-state index contributed by atoms with van der Waals surface area (Å²) in [5.41, 5.74) is 3.47. The quantitative estimate of drug-likeness (QED) is 0.609. The number of hydrogen-bond acceptors (Lipinski definition) is 5. The Morgan fingerprint density at radius 2 is 1.77 bits per heavy atom. The lowest BCUT2D eigenvalue weighted by molar-refractivity contribution is -0.114. The van der Waals surface area contributed by atoms with E-state index in [0.29, 0.717) is 17.2 Å². The van der Waals surface area contributed by atoms with Gasteiger partial charge in [-0.25, -0.2) is 8.42 Å². The summed E-state index contributed by atoms with van der Waals surface area (Å²) in [6.07, 6.45) is 3.04. The molecule has 8 heteroatoms. The van der Waals surface area contributed by atoms with Gasteiger partial charge in [0, 0.05) is 17.1 Å². The second-order valence-corrected chi connectivity index (χ2v) is 9.37. The van der Waals surface area contributed by atoms with Crippen molar-refractivity contribution in [2.24, 2.45) is 0 Å². The molecule has 0 aliphatic heterocycles. The van der Waals surface area contributed by atoms with Crippen molar-refractivity contribution >= 4 is 38.1 Å². The largest absolute Gasteiger partial charge is 0.497 e. The maximum atomic E-state index is 12.9. The van der Waals surface area contributed by atoms with Gasteiger partial charge in [0.1, 0.15) is 18.0 Å². The minimum atomic E-state index is -3.75. The third-order valence-electron chi connectivity index (χ3n) is 5.49. The number of benzene rings is 3. The van der Waals surface area contributed by atoms with E-state index in [4.69, 9.17) is 9.47 Å². The SMILES string of the molecule is COc1ccc(N(CC(=O)Nc2ccc3c4c(cccc24)CC3)S(C)(=O)=O)c(OC)c1. The van der Waals surface area contributed by atoms with Crippen LogP contribution < -0.4 is 19.1 Å². The Balaban J connectivity index is 1.64. The monoisotopic (exact) mass is 440 g/mol. The highest BCUT2D eigenvalue weighted by atomic mass is 32.2. The van der Waals surface area contributed by atoms with Crippen molar-refractivity contribution in [2.75, 3.05) is 36.6 Å². The van der Waals surface area contributed by atoms with Crippen LogP contribution in [-0.4, -0.2) is 41.3 Å². The standard InChI is InChI=1S/C23H24N2O5S/c1-29-17-10-12-20(21(13-17)30-2)25(31(3,27)28)14-22(26)24-19-11-9-16-8-7-15-5-4-6-18(19)23(15)16/h4-6,9-13H,7-8,14H2,1-3H3,(H,24,26). The number of hydrogen-bond donors (Lipinski definition) is 1. The predicted molar refractivity (Wildman–Crippen MR) is 122 cm³/mol. The van der Waals surface area contributed by atoms with Gasteiger partial charge in [-0.2, -0.15) is 0 Å². The van der Waals surface area contributed by atoms with Crippen molar-refractivity contribution in [3.05, 3.63) is 59.7 Å². The van der Waals surface area contributed by atoms with E-state index in [1.165, 1.54) is 30.7 Å². The van der Waals surface area contributed by atoms with E-state index in [-0.39, 0.29) is 12.2 Å². The molecule has 1 amide bonds. The van der Waals surface area contributed by atoms with E-state index < -0.39 is 15.9 Å². The number of nitrogens with zero attached hydrogens (tertiary/aromatic N) is 1. The Hall–Kier alpha value is -3.26. The molecule has 0 unspecified atom stereocenters. The van der Waals surface area contributed by atoms with Crippen LogP contribution in [0.15, 0.2) is 48.5 Å². The number of nitrogens with one attached hydrogen (secondary N) is 1. The minimum Gasteiger partial charge on any atom is -0.497 e. The molecule has 0 saturated carbocycles. The molecule has 0 aromatic heterocycles. The summed E-state index contributed by atoms with van der Waals surface area (Å²) in [5.74, 6) is 0.372. The predicted octanol–water partition coefficient (Wildman–Crippen LogP) is 3.36. The Labute approximate surface area is 181 Å². The summed E-state index contributed by atoms with van der Waals surface area (Å²) in [6.45, 7) is -0.384. The Kier molecular flexibility index (Phi) is 5.49. The first-order valence-corrected chi connectivity index (χ1v) is 11.7. The Bertz CT molecular complexity index is 1260. The topological polar surface area (TPSA) is 84.9 Å². The van der Waals surface area contributed by atoms with E-state index >= 15 is 0 Å². The average molecular weight is 441 g/mol. The van der Waals surface area contributed by atoms with Gasteiger partial charge in [0.25, 0.3) is 0 Å². The number of carbonyl (C=O) groups is 1.